The van der Waals surface area contributed by atoms with Crippen LogP contribution in [0.5, 0.6) is 0 Å². The fraction of sp³-hybridized carbons (Fsp3) is 0.700. The molecule has 0 saturated heterocycles. The number of hydrogen-bond donors (Lipinski definition) is 1. The molecular formula is C10H18ClN3. The van der Waals surface area contributed by atoms with E-state index in [1.807, 2.05) is 24.0 Å². The van der Waals surface area contributed by atoms with E-state index in [1.165, 1.54) is 0 Å². The molecule has 0 aliphatic carbocycles. The van der Waals surface area contributed by atoms with Crippen LogP contribution in [0.25, 0.3) is 0 Å². The third kappa shape index (κ3) is 3.68. The SMILES string of the molecule is CCC(CCCl)NCc1ccn(C)n1. The lowest BCUT2D eigenvalue weighted by Gasteiger charge is -2.14. The summed E-state index contributed by atoms with van der Waals surface area (Å²) in [5.41, 5.74) is 1.08. The average Bonchev–Trinajstić information content (AvgIpc) is 2.59. The molecule has 0 aliphatic rings. The van der Waals surface area contributed by atoms with Gasteiger partial charge >= 0.3 is 0 Å². The average molecular weight is 216 g/mol. The van der Waals surface area contributed by atoms with Gasteiger partial charge in [-0.1, -0.05) is 6.92 Å². The van der Waals surface area contributed by atoms with Crippen LogP contribution in [-0.4, -0.2) is 21.7 Å². The van der Waals surface area contributed by atoms with Gasteiger partial charge in [0.05, 0.1) is 5.69 Å². The van der Waals surface area contributed by atoms with Crippen LogP contribution in [0.15, 0.2) is 12.3 Å². The van der Waals surface area contributed by atoms with Crippen molar-refractivity contribution in [2.45, 2.75) is 32.4 Å². The zero-order valence-corrected chi connectivity index (χ0v) is 9.59. The highest BCUT2D eigenvalue weighted by molar-refractivity contribution is 6.17. The Morgan fingerprint density at radius 1 is 1.64 bits per heavy atom. The van der Waals surface area contributed by atoms with Gasteiger partial charge in [-0.15, -0.1) is 11.6 Å². The van der Waals surface area contributed by atoms with Crippen LogP contribution in [-0.2, 0) is 13.6 Å². The summed E-state index contributed by atoms with van der Waals surface area (Å²) < 4.78 is 1.82. The van der Waals surface area contributed by atoms with Gasteiger partial charge in [-0.2, -0.15) is 5.10 Å². The zero-order chi connectivity index (χ0) is 10.4. The van der Waals surface area contributed by atoms with Crippen molar-refractivity contribution in [3.05, 3.63) is 18.0 Å². The second kappa shape index (κ2) is 6.04. The fourth-order valence-corrected chi connectivity index (χ4v) is 1.65. The van der Waals surface area contributed by atoms with Crippen molar-refractivity contribution >= 4 is 11.6 Å². The first-order valence-electron chi connectivity index (χ1n) is 5.04. The molecule has 0 bridgehead atoms. The van der Waals surface area contributed by atoms with Crippen LogP contribution < -0.4 is 5.32 Å². The largest absolute Gasteiger partial charge is 0.308 e. The summed E-state index contributed by atoms with van der Waals surface area (Å²) in [6, 6.07) is 2.54. The second-order valence-corrected chi connectivity index (χ2v) is 3.82. The van der Waals surface area contributed by atoms with Crippen LogP contribution in [0, 0.1) is 0 Å². The smallest absolute Gasteiger partial charge is 0.0762 e. The molecular weight excluding hydrogens is 198 g/mol. The van der Waals surface area contributed by atoms with Crippen LogP contribution >= 0.6 is 11.6 Å². The summed E-state index contributed by atoms with van der Waals surface area (Å²) >= 11 is 5.70. The fourth-order valence-electron chi connectivity index (χ4n) is 1.39. The van der Waals surface area contributed by atoms with Crippen molar-refractivity contribution < 1.29 is 0 Å². The highest BCUT2D eigenvalue weighted by Crippen LogP contribution is 2.01. The number of nitrogens with zero attached hydrogens (tertiary/aromatic N) is 2. The zero-order valence-electron chi connectivity index (χ0n) is 8.83. The van der Waals surface area contributed by atoms with E-state index in [2.05, 4.69) is 17.3 Å². The van der Waals surface area contributed by atoms with Crippen LogP contribution in [0.3, 0.4) is 0 Å². The van der Waals surface area contributed by atoms with Gasteiger partial charge in [0.1, 0.15) is 0 Å². The molecule has 0 spiro atoms. The van der Waals surface area contributed by atoms with Gasteiger partial charge in [-0.25, -0.2) is 0 Å². The summed E-state index contributed by atoms with van der Waals surface area (Å²) in [4.78, 5) is 0. The molecule has 1 atom stereocenters. The van der Waals surface area contributed by atoms with Crippen LogP contribution in [0.4, 0.5) is 0 Å². The number of rotatable bonds is 6. The highest BCUT2D eigenvalue weighted by atomic mass is 35.5. The first-order chi connectivity index (χ1) is 6.76. The molecule has 0 fully saturated rings. The van der Waals surface area contributed by atoms with Crippen LogP contribution in [0.2, 0.25) is 0 Å². The molecule has 1 heterocycles. The number of aromatic nitrogens is 2. The monoisotopic (exact) mass is 215 g/mol. The molecule has 1 aromatic rings. The molecule has 0 aromatic carbocycles. The maximum atomic E-state index is 5.70. The Hall–Kier alpha value is -0.540. The van der Waals surface area contributed by atoms with E-state index < -0.39 is 0 Å². The molecule has 3 nitrogen and oxygen atoms in total. The lowest BCUT2D eigenvalue weighted by molar-refractivity contribution is 0.480. The lowest BCUT2D eigenvalue weighted by atomic mass is 10.2. The highest BCUT2D eigenvalue weighted by Gasteiger charge is 2.05. The summed E-state index contributed by atoms with van der Waals surface area (Å²) in [5, 5.41) is 7.74. The molecule has 80 valence electrons. The van der Waals surface area contributed by atoms with Gasteiger partial charge in [-0.3, -0.25) is 4.68 Å². The maximum absolute atomic E-state index is 5.70. The van der Waals surface area contributed by atoms with E-state index in [4.69, 9.17) is 11.6 Å². The Morgan fingerprint density at radius 2 is 2.43 bits per heavy atom. The van der Waals surface area contributed by atoms with Gasteiger partial charge in [-0.05, 0) is 18.9 Å². The summed E-state index contributed by atoms with van der Waals surface area (Å²) in [5.74, 6) is 0.716. The topological polar surface area (TPSA) is 29.9 Å². The molecule has 0 amide bonds. The van der Waals surface area contributed by atoms with Crippen molar-refractivity contribution in [2.24, 2.45) is 7.05 Å². The molecule has 1 rings (SSSR count). The summed E-state index contributed by atoms with van der Waals surface area (Å²) in [7, 11) is 1.93. The molecule has 1 unspecified atom stereocenters. The molecule has 0 radical (unpaired) electrons. The van der Waals surface area contributed by atoms with Crippen molar-refractivity contribution in [1.82, 2.24) is 15.1 Å². The molecule has 1 N–H and O–H groups in total. The minimum atomic E-state index is 0.509. The van der Waals surface area contributed by atoms with Gasteiger partial charge in [0.25, 0.3) is 0 Å². The minimum absolute atomic E-state index is 0.509. The van der Waals surface area contributed by atoms with E-state index in [1.54, 1.807) is 0 Å². The Labute approximate surface area is 90.4 Å². The molecule has 0 saturated carbocycles. The first kappa shape index (κ1) is 11.5. The molecule has 1 aromatic heterocycles. The Balaban J connectivity index is 2.31. The first-order valence-corrected chi connectivity index (χ1v) is 5.57. The van der Waals surface area contributed by atoms with Crippen molar-refractivity contribution in [3.8, 4) is 0 Å². The third-order valence-electron chi connectivity index (χ3n) is 2.29. The normalized spacial score (nSPS) is 13.1. The van der Waals surface area contributed by atoms with Crippen LogP contribution in [0.1, 0.15) is 25.5 Å². The number of alkyl halides is 1. The Bertz CT molecular complexity index is 260. The van der Waals surface area contributed by atoms with Crippen molar-refractivity contribution in [2.75, 3.05) is 5.88 Å². The number of halogens is 1. The van der Waals surface area contributed by atoms with E-state index in [0.29, 0.717) is 11.9 Å². The quantitative estimate of drug-likeness (QED) is 0.735. The number of hydrogen-bond acceptors (Lipinski definition) is 2. The Morgan fingerprint density at radius 3 is 2.93 bits per heavy atom. The van der Waals surface area contributed by atoms with E-state index in [-0.39, 0.29) is 0 Å². The number of aryl methyl sites for hydroxylation is 1. The second-order valence-electron chi connectivity index (χ2n) is 3.44. The van der Waals surface area contributed by atoms with Gasteiger partial charge in [0.2, 0.25) is 0 Å². The standard InChI is InChI=1S/C10H18ClN3/c1-3-9(4-6-11)12-8-10-5-7-14(2)13-10/h5,7,9,12H,3-4,6,8H2,1-2H3. The van der Waals surface area contributed by atoms with Gasteiger partial charge < -0.3 is 5.32 Å². The Kier molecular flexibility index (Phi) is 4.98. The lowest BCUT2D eigenvalue weighted by Crippen LogP contribution is -2.28. The van der Waals surface area contributed by atoms with Crippen molar-refractivity contribution in [1.29, 1.82) is 0 Å². The van der Waals surface area contributed by atoms with E-state index >= 15 is 0 Å². The predicted molar refractivity (Wildman–Crippen MR) is 59.5 cm³/mol. The van der Waals surface area contributed by atoms with Gasteiger partial charge in [0, 0.05) is 31.7 Å². The van der Waals surface area contributed by atoms with Crippen molar-refractivity contribution in [3.63, 3.8) is 0 Å². The number of nitrogens with one attached hydrogen (secondary N) is 1. The predicted octanol–water partition coefficient (Wildman–Crippen LogP) is 1.92. The minimum Gasteiger partial charge on any atom is -0.308 e. The van der Waals surface area contributed by atoms with Gasteiger partial charge in [0.15, 0.2) is 0 Å². The third-order valence-corrected chi connectivity index (χ3v) is 2.51. The maximum Gasteiger partial charge on any atom is 0.0762 e. The molecule has 14 heavy (non-hydrogen) atoms. The molecule has 4 heteroatoms. The van der Waals surface area contributed by atoms with E-state index in [0.717, 1.165) is 25.1 Å². The summed E-state index contributed by atoms with van der Waals surface area (Å²) in [6.45, 7) is 3.00. The van der Waals surface area contributed by atoms with E-state index in [9.17, 15) is 0 Å². The summed E-state index contributed by atoms with van der Waals surface area (Å²) in [6.07, 6.45) is 4.09. The molecule has 0 aliphatic heterocycles.